The number of aliphatic hydroxyl groups is 1. The van der Waals surface area contributed by atoms with Gasteiger partial charge in [0.05, 0.1) is 35.9 Å². The number of nitrogens with zero attached hydrogens (tertiary/aromatic N) is 2. The van der Waals surface area contributed by atoms with E-state index in [1.54, 1.807) is 18.2 Å². The maximum atomic E-state index is 13.4. The predicted molar refractivity (Wildman–Crippen MR) is 124 cm³/mol. The van der Waals surface area contributed by atoms with Crippen molar-refractivity contribution in [3.8, 4) is 5.69 Å². The molecule has 170 valence electrons. The molecule has 3 aromatic rings. The summed E-state index contributed by atoms with van der Waals surface area (Å²) in [5, 5.41) is 16.4. The fraction of sp³-hybridized carbons (Fsp3) is 0.333. The van der Waals surface area contributed by atoms with Gasteiger partial charge in [0.1, 0.15) is 5.82 Å². The minimum Gasteiger partial charge on any atom is -0.465 e. The number of fused-ring (bicyclic) bond motifs is 2. The van der Waals surface area contributed by atoms with Gasteiger partial charge in [-0.25, -0.2) is 13.9 Å². The molecule has 2 aromatic carbocycles. The maximum absolute atomic E-state index is 13.4. The highest BCUT2D eigenvalue weighted by Gasteiger charge is 2.54. The zero-order chi connectivity index (χ0) is 23.2. The third-order valence-electron chi connectivity index (χ3n) is 7.59. The minimum atomic E-state index is -0.891. The van der Waals surface area contributed by atoms with Gasteiger partial charge >= 0.3 is 5.97 Å². The Bertz CT molecular complexity index is 1250. The van der Waals surface area contributed by atoms with Crippen LogP contribution < -0.4 is 0 Å². The van der Waals surface area contributed by atoms with Crippen molar-refractivity contribution in [2.24, 2.45) is 5.41 Å². The summed E-state index contributed by atoms with van der Waals surface area (Å²) in [6, 6.07) is 13.7. The van der Waals surface area contributed by atoms with Crippen LogP contribution in [-0.4, -0.2) is 33.6 Å². The van der Waals surface area contributed by atoms with E-state index in [0.29, 0.717) is 31.2 Å². The molecule has 5 rings (SSSR count). The van der Waals surface area contributed by atoms with E-state index >= 15 is 0 Å². The summed E-state index contributed by atoms with van der Waals surface area (Å²) in [5.41, 5.74) is 4.23. The zero-order valence-electron chi connectivity index (χ0n) is 18.8. The van der Waals surface area contributed by atoms with E-state index in [9.17, 15) is 14.3 Å². The number of halogens is 1. The molecule has 33 heavy (non-hydrogen) atoms. The van der Waals surface area contributed by atoms with Gasteiger partial charge in [-0.3, -0.25) is 0 Å². The number of carbonyl (C=O) groups is 1. The highest BCUT2D eigenvalue weighted by molar-refractivity contribution is 5.91. The van der Waals surface area contributed by atoms with Crippen LogP contribution in [-0.2, 0) is 17.6 Å². The van der Waals surface area contributed by atoms with Gasteiger partial charge in [0.15, 0.2) is 0 Å². The highest BCUT2D eigenvalue weighted by Crippen LogP contribution is 2.56. The lowest BCUT2D eigenvalue weighted by molar-refractivity contribution is -0.0462. The van der Waals surface area contributed by atoms with E-state index in [2.05, 4.69) is 18.1 Å². The van der Waals surface area contributed by atoms with Crippen LogP contribution in [0.4, 0.5) is 4.39 Å². The first kappa shape index (κ1) is 21.6. The van der Waals surface area contributed by atoms with Crippen LogP contribution in [0, 0.1) is 11.2 Å². The Morgan fingerprint density at radius 2 is 1.97 bits per heavy atom. The quantitative estimate of drug-likeness (QED) is 0.566. The summed E-state index contributed by atoms with van der Waals surface area (Å²) in [6.45, 7) is 2.14. The molecule has 6 heteroatoms. The molecular weight excluding hydrogens is 419 g/mol. The van der Waals surface area contributed by atoms with E-state index < -0.39 is 11.0 Å². The number of rotatable bonds is 5. The Morgan fingerprint density at radius 1 is 1.21 bits per heavy atom. The second-order valence-corrected chi connectivity index (χ2v) is 9.30. The topological polar surface area (TPSA) is 64.3 Å². The summed E-state index contributed by atoms with van der Waals surface area (Å²) < 4.78 is 20.1. The monoisotopic (exact) mass is 446 g/mol. The fourth-order valence-electron chi connectivity index (χ4n) is 5.51. The van der Waals surface area contributed by atoms with E-state index in [0.717, 1.165) is 28.9 Å². The maximum Gasteiger partial charge on any atom is 0.338 e. The first-order valence-electron chi connectivity index (χ1n) is 11.3. The summed E-state index contributed by atoms with van der Waals surface area (Å²) in [6.07, 6.45) is 7.30. The number of hydrogen-bond donors (Lipinski definition) is 1. The lowest BCUT2D eigenvalue weighted by Crippen LogP contribution is -2.45. The summed E-state index contributed by atoms with van der Waals surface area (Å²) in [4.78, 5) is 12.2. The zero-order valence-corrected chi connectivity index (χ0v) is 18.8. The second-order valence-electron chi connectivity index (χ2n) is 9.30. The highest BCUT2D eigenvalue weighted by atomic mass is 19.1. The minimum absolute atomic E-state index is 0.277. The third-order valence-corrected chi connectivity index (χ3v) is 7.59. The average Bonchev–Trinajstić information content (AvgIpc) is 3.34. The predicted octanol–water partition coefficient (Wildman–Crippen LogP) is 4.90. The molecule has 2 atom stereocenters. The van der Waals surface area contributed by atoms with Gasteiger partial charge < -0.3 is 9.84 Å². The molecule has 0 saturated heterocycles. The van der Waals surface area contributed by atoms with Crippen LogP contribution in [0.2, 0.25) is 0 Å². The van der Waals surface area contributed by atoms with Gasteiger partial charge in [-0.15, -0.1) is 0 Å². The molecule has 1 fully saturated rings. The summed E-state index contributed by atoms with van der Waals surface area (Å²) in [7, 11) is 1.38. The summed E-state index contributed by atoms with van der Waals surface area (Å²) >= 11 is 0. The van der Waals surface area contributed by atoms with Crippen molar-refractivity contribution in [2.45, 2.75) is 44.6 Å². The molecule has 0 unspecified atom stereocenters. The van der Waals surface area contributed by atoms with Crippen molar-refractivity contribution in [3.63, 3.8) is 0 Å². The normalized spacial score (nSPS) is 23.6. The number of benzene rings is 2. The van der Waals surface area contributed by atoms with Crippen molar-refractivity contribution in [1.29, 1.82) is 0 Å². The van der Waals surface area contributed by atoms with Gasteiger partial charge in [0, 0.05) is 5.41 Å². The van der Waals surface area contributed by atoms with Gasteiger partial charge in [0.2, 0.25) is 0 Å². The number of carbonyl (C=O) groups excluding carboxylic acids is 1. The average molecular weight is 447 g/mol. The van der Waals surface area contributed by atoms with Crippen LogP contribution in [0.5, 0.6) is 0 Å². The van der Waals surface area contributed by atoms with E-state index in [4.69, 9.17) is 4.74 Å². The number of esters is 1. The van der Waals surface area contributed by atoms with Crippen molar-refractivity contribution in [3.05, 3.63) is 88.5 Å². The molecule has 0 amide bonds. The van der Waals surface area contributed by atoms with Crippen molar-refractivity contribution in [1.82, 2.24) is 9.78 Å². The van der Waals surface area contributed by atoms with Crippen LogP contribution in [0.15, 0.2) is 60.3 Å². The van der Waals surface area contributed by atoms with Gasteiger partial charge in [-0.05, 0) is 79.6 Å². The molecule has 0 spiro atoms. The molecule has 0 bridgehead atoms. The van der Waals surface area contributed by atoms with Crippen LogP contribution >= 0.6 is 0 Å². The first-order chi connectivity index (χ1) is 15.8. The summed E-state index contributed by atoms with van der Waals surface area (Å²) in [5.74, 6) is -0.633. The number of hydrogen-bond acceptors (Lipinski definition) is 4. The van der Waals surface area contributed by atoms with Crippen LogP contribution in [0.3, 0.4) is 0 Å². The standard InChI is InChI=1S/C27H27FN2O3/c1-26-16-19-17-29-30(22-9-7-21(28)8-10-22)24(19)15-20(26)12-14-27(26,32)13-11-18-5-3-4-6-23(18)25(31)33-2/h3-10,15,17,32H,11-14,16H2,1-2H3/t26-,27-/m0/s1. The van der Waals surface area contributed by atoms with Gasteiger partial charge in [-0.1, -0.05) is 30.7 Å². The van der Waals surface area contributed by atoms with Crippen LogP contribution in [0.1, 0.15) is 53.4 Å². The molecule has 1 aromatic heterocycles. The molecule has 2 aliphatic carbocycles. The number of aryl methyl sites for hydroxylation is 1. The SMILES string of the molecule is COC(=O)c1ccccc1CC[C@]1(O)CCC2=Cc3c(cnn3-c3ccc(F)cc3)C[C@@]21C. The molecular formula is C27H27FN2O3. The number of methoxy groups -OCH3 is 1. The smallest absolute Gasteiger partial charge is 0.338 e. The van der Waals surface area contributed by atoms with Crippen molar-refractivity contribution in [2.75, 3.05) is 7.11 Å². The van der Waals surface area contributed by atoms with Crippen molar-refractivity contribution >= 4 is 12.0 Å². The molecule has 5 nitrogen and oxygen atoms in total. The Morgan fingerprint density at radius 3 is 2.73 bits per heavy atom. The second kappa shape index (κ2) is 7.96. The van der Waals surface area contributed by atoms with Crippen molar-refractivity contribution < 1.29 is 19.0 Å². The first-order valence-corrected chi connectivity index (χ1v) is 11.3. The lowest BCUT2D eigenvalue weighted by atomic mass is 9.65. The molecule has 1 heterocycles. The molecule has 2 aliphatic rings. The Hall–Kier alpha value is -3.25. The van der Waals surface area contributed by atoms with E-state index in [-0.39, 0.29) is 11.8 Å². The molecule has 0 radical (unpaired) electrons. The largest absolute Gasteiger partial charge is 0.465 e. The molecule has 0 aliphatic heterocycles. The van der Waals surface area contributed by atoms with Gasteiger partial charge in [-0.2, -0.15) is 5.10 Å². The number of ether oxygens (including phenoxy) is 1. The Kier molecular flexibility index (Phi) is 5.20. The van der Waals surface area contributed by atoms with Crippen LogP contribution in [0.25, 0.3) is 11.8 Å². The van der Waals surface area contributed by atoms with E-state index in [1.165, 1.54) is 24.8 Å². The molecule has 1 N–H and O–H groups in total. The van der Waals surface area contributed by atoms with Gasteiger partial charge in [0.25, 0.3) is 0 Å². The lowest BCUT2D eigenvalue weighted by Gasteiger charge is -2.42. The Labute approximate surface area is 192 Å². The van der Waals surface area contributed by atoms with E-state index in [1.807, 2.05) is 29.1 Å². The number of aromatic nitrogens is 2. The molecule has 1 saturated carbocycles. The third kappa shape index (κ3) is 3.49. The fourth-order valence-corrected chi connectivity index (χ4v) is 5.51. The Balaban J connectivity index is 1.42.